The summed E-state index contributed by atoms with van der Waals surface area (Å²) in [5.74, 6) is -0.0965. The number of benzene rings is 2. The van der Waals surface area contributed by atoms with Gasteiger partial charge in [-0.15, -0.1) is 0 Å². The maximum atomic E-state index is 13.2. The van der Waals surface area contributed by atoms with E-state index in [0.29, 0.717) is 36.8 Å². The Balaban J connectivity index is 2.04. The fourth-order valence-electron chi connectivity index (χ4n) is 4.28. The van der Waals surface area contributed by atoms with Gasteiger partial charge in [0.2, 0.25) is 0 Å². The van der Waals surface area contributed by atoms with E-state index >= 15 is 0 Å². The molecular formula is C28H36N2O5. The third kappa shape index (κ3) is 6.03. The predicted octanol–water partition coefficient (Wildman–Crippen LogP) is 4.64. The van der Waals surface area contributed by atoms with E-state index in [2.05, 4.69) is 18.7 Å². The Morgan fingerprint density at radius 2 is 1.57 bits per heavy atom. The SMILES string of the molecule is CCOc1ccc([C@H]2C(=C(O)c3ccc(OC(C)C)cc3)C(=O)C(=O)N2CCN(CC)CC)cc1. The van der Waals surface area contributed by atoms with E-state index < -0.39 is 17.7 Å². The highest BCUT2D eigenvalue weighted by atomic mass is 16.5. The molecule has 0 aromatic heterocycles. The number of aliphatic hydroxyl groups excluding tert-OH is 1. The molecule has 2 aromatic rings. The summed E-state index contributed by atoms with van der Waals surface area (Å²) in [5, 5.41) is 11.2. The number of ketones is 1. The van der Waals surface area contributed by atoms with Gasteiger partial charge in [0.25, 0.3) is 11.7 Å². The number of aliphatic hydroxyl groups is 1. The molecule has 0 unspecified atom stereocenters. The molecule has 1 aliphatic rings. The summed E-state index contributed by atoms with van der Waals surface area (Å²) in [7, 11) is 0. The minimum absolute atomic E-state index is 0.0187. The number of likely N-dealkylation sites (tertiary alicyclic amines) is 1. The van der Waals surface area contributed by atoms with Crippen LogP contribution in [0.15, 0.2) is 54.1 Å². The maximum absolute atomic E-state index is 13.2. The van der Waals surface area contributed by atoms with Crippen molar-refractivity contribution in [1.82, 2.24) is 9.80 Å². The fourth-order valence-corrected chi connectivity index (χ4v) is 4.28. The number of amides is 1. The normalized spacial score (nSPS) is 17.5. The van der Waals surface area contributed by atoms with Crippen molar-refractivity contribution < 1.29 is 24.2 Å². The first-order valence-electron chi connectivity index (χ1n) is 12.3. The first-order valence-corrected chi connectivity index (χ1v) is 12.3. The summed E-state index contributed by atoms with van der Waals surface area (Å²) in [5.41, 5.74) is 1.29. The van der Waals surface area contributed by atoms with Gasteiger partial charge in [0, 0.05) is 18.7 Å². The third-order valence-corrected chi connectivity index (χ3v) is 6.10. The number of hydrogen-bond donors (Lipinski definition) is 1. The molecule has 1 heterocycles. The molecule has 7 nitrogen and oxygen atoms in total. The lowest BCUT2D eigenvalue weighted by Crippen LogP contribution is -2.38. The van der Waals surface area contributed by atoms with Crippen molar-refractivity contribution >= 4 is 17.4 Å². The average Bonchev–Trinajstić information content (AvgIpc) is 3.10. The lowest BCUT2D eigenvalue weighted by molar-refractivity contribution is -0.140. The highest BCUT2D eigenvalue weighted by Gasteiger charge is 2.46. The van der Waals surface area contributed by atoms with Gasteiger partial charge >= 0.3 is 0 Å². The second-order valence-electron chi connectivity index (χ2n) is 8.71. The van der Waals surface area contributed by atoms with Gasteiger partial charge in [-0.3, -0.25) is 9.59 Å². The quantitative estimate of drug-likeness (QED) is 0.287. The molecule has 7 heteroatoms. The fraction of sp³-hybridized carbons (Fsp3) is 0.429. The van der Waals surface area contributed by atoms with Crippen molar-refractivity contribution in [2.24, 2.45) is 0 Å². The average molecular weight is 481 g/mol. The van der Waals surface area contributed by atoms with Crippen LogP contribution in [0.1, 0.15) is 51.8 Å². The molecule has 188 valence electrons. The van der Waals surface area contributed by atoms with E-state index in [0.717, 1.165) is 18.7 Å². The molecule has 1 atom stereocenters. The van der Waals surface area contributed by atoms with E-state index in [1.54, 1.807) is 29.2 Å². The molecule has 1 amide bonds. The minimum atomic E-state index is -0.687. The van der Waals surface area contributed by atoms with Gasteiger partial charge < -0.3 is 24.4 Å². The van der Waals surface area contributed by atoms with Crippen LogP contribution >= 0.6 is 0 Å². The molecular weight excluding hydrogens is 444 g/mol. The van der Waals surface area contributed by atoms with Gasteiger partial charge in [0.15, 0.2) is 0 Å². The Morgan fingerprint density at radius 1 is 0.971 bits per heavy atom. The summed E-state index contributed by atoms with van der Waals surface area (Å²) < 4.78 is 11.2. The number of carbonyl (C=O) groups excluding carboxylic acids is 2. The number of ether oxygens (including phenoxy) is 2. The van der Waals surface area contributed by atoms with Gasteiger partial charge in [-0.05, 0) is 75.8 Å². The first-order chi connectivity index (χ1) is 16.8. The van der Waals surface area contributed by atoms with Crippen molar-refractivity contribution in [3.63, 3.8) is 0 Å². The van der Waals surface area contributed by atoms with E-state index in [4.69, 9.17) is 9.47 Å². The molecule has 0 spiro atoms. The van der Waals surface area contributed by atoms with E-state index in [9.17, 15) is 14.7 Å². The van der Waals surface area contributed by atoms with Crippen LogP contribution in [0.2, 0.25) is 0 Å². The zero-order valence-electron chi connectivity index (χ0n) is 21.3. The van der Waals surface area contributed by atoms with Crippen LogP contribution in [0.4, 0.5) is 0 Å². The van der Waals surface area contributed by atoms with Gasteiger partial charge in [-0.25, -0.2) is 0 Å². The first kappa shape index (κ1) is 26.3. The van der Waals surface area contributed by atoms with Crippen molar-refractivity contribution in [1.29, 1.82) is 0 Å². The highest BCUT2D eigenvalue weighted by molar-refractivity contribution is 6.46. The largest absolute Gasteiger partial charge is 0.507 e. The van der Waals surface area contributed by atoms with E-state index in [1.165, 1.54) is 0 Å². The van der Waals surface area contributed by atoms with Gasteiger partial charge in [0.05, 0.1) is 24.3 Å². The summed E-state index contributed by atoms with van der Waals surface area (Å²) >= 11 is 0. The predicted molar refractivity (Wildman–Crippen MR) is 137 cm³/mol. The molecule has 0 radical (unpaired) electrons. The number of nitrogens with zero attached hydrogens (tertiary/aromatic N) is 2. The minimum Gasteiger partial charge on any atom is -0.507 e. The van der Waals surface area contributed by atoms with Crippen LogP contribution in [0, 0.1) is 0 Å². The molecule has 35 heavy (non-hydrogen) atoms. The molecule has 1 aliphatic heterocycles. The molecule has 1 saturated heterocycles. The van der Waals surface area contributed by atoms with Crippen molar-refractivity contribution in [3.8, 4) is 11.5 Å². The number of Topliss-reactive ketones (excluding diaryl/α,β-unsaturated/α-hetero) is 1. The molecule has 2 aromatic carbocycles. The molecule has 1 N–H and O–H groups in total. The smallest absolute Gasteiger partial charge is 0.295 e. The summed E-state index contributed by atoms with van der Waals surface area (Å²) in [4.78, 5) is 30.1. The topological polar surface area (TPSA) is 79.3 Å². The number of rotatable bonds is 11. The Kier molecular flexibility index (Phi) is 8.93. The Bertz CT molecular complexity index is 1040. The molecule has 0 aliphatic carbocycles. The second kappa shape index (κ2) is 11.9. The van der Waals surface area contributed by atoms with Gasteiger partial charge in [-0.2, -0.15) is 0 Å². The molecule has 3 rings (SSSR count). The van der Waals surface area contributed by atoms with Crippen molar-refractivity contribution in [2.45, 2.75) is 46.8 Å². The molecule has 1 fully saturated rings. The highest BCUT2D eigenvalue weighted by Crippen LogP contribution is 2.40. The Labute approximate surface area is 207 Å². The lowest BCUT2D eigenvalue weighted by Gasteiger charge is -2.28. The zero-order chi connectivity index (χ0) is 25.5. The van der Waals surface area contributed by atoms with E-state index in [-0.39, 0.29) is 17.4 Å². The number of hydrogen-bond acceptors (Lipinski definition) is 6. The number of carbonyl (C=O) groups is 2. The monoisotopic (exact) mass is 480 g/mol. The Hall–Kier alpha value is -3.32. The lowest BCUT2D eigenvalue weighted by atomic mass is 9.95. The van der Waals surface area contributed by atoms with Gasteiger partial charge in [-0.1, -0.05) is 26.0 Å². The number of likely N-dealkylation sites (N-methyl/N-ethyl adjacent to an activating group) is 1. The van der Waals surface area contributed by atoms with Crippen LogP contribution in [0.5, 0.6) is 11.5 Å². The van der Waals surface area contributed by atoms with Gasteiger partial charge in [0.1, 0.15) is 17.3 Å². The maximum Gasteiger partial charge on any atom is 0.295 e. The van der Waals surface area contributed by atoms with E-state index in [1.807, 2.05) is 45.0 Å². The van der Waals surface area contributed by atoms with Crippen molar-refractivity contribution in [2.75, 3.05) is 32.8 Å². The summed E-state index contributed by atoms with van der Waals surface area (Å²) in [6.45, 7) is 13.2. The van der Waals surface area contributed by atoms with Crippen molar-refractivity contribution in [3.05, 3.63) is 65.2 Å². The molecule has 0 bridgehead atoms. The van der Waals surface area contributed by atoms with Crippen LogP contribution in [0.3, 0.4) is 0 Å². The summed E-state index contributed by atoms with van der Waals surface area (Å²) in [6.07, 6.45) is 0.0187. The van der Waals surface area contributed by atoms with Crippen LogP contribution < -0.4 is 9.47 Å². The third-order valence-electron chi connectivity index (χ3n) is 6.10. The van der Waals surface area contributed by atoms with Crippen LogP contribution in [-0.2, 0) is 9.59 Å². The molecule has 0 saturated carbocycles. The Morgan fingerprint density at radius 3 is 2.11 bits per heavy atom. The standard InChI is InChI=1S/C28H36N2O5/c1-6-29(7-2)17-18-30-25(20-9-13-22(14-10-20)34-8-3)24(27(32)28(30)33)26(31)21-11-15-23(16-12-21)35-19(4)5/h9-16,19,25,31H,6-8,17-18H2,1-5H3/t25-/m0/s1. The zero-order valence-corrected chi connectivity index (χ0v) is 21.3. The second-order valence-corrected chi connectivity index (χ2v) is 8.71. The van der Waals surface area contributed by atoms with Crippen LogP contribution in [0.25, 0.3) is 5.76 Å². The van der Waals surface area contributed by atoms with Crippen LogP contribution in [-0.4, -0.2) is 65.5 Å². The summed E-state index contributed by atoms with van der Waals surface area (Å²) in [6, 6.07) is 13.5.